The molecule has 0 aliphatic rings. The van der Waals surface area contributed by atoms with Crippen LogP contribution < -0.4 is 10.1 Å². The second kappa shape index (κ2) is 9.71. The average molecular weight is 456 g/mol. The molecule has 31 heavy (non-hydrogen) atoms. The highest BCUT2D eigenvalue weighted by Crippen LogP contribution is 2.29. The molecular formula is C21H18FN5O2S2. The van der Waals surface area contributed by atoms with Gasteiger partial charge < -0.3 is 4.74 Å². The number of hydrogen-bond donors (Lipinski definition) is 1. The molecule has 0 fully saturated rings. The average Bonchev–Trinajstić information content (AvgIpc) is 3.41. The first-order chi connectivity index (χ1) is 15.1. The largest absolute Gasteiger partial charge is 0.490 e. The lowest BCUT2D eigenvalue weighted by molar-refractivity contribution is 0.101. The number of anilines is 1. The third-order valence-electron chi connectivity index (χ3n) is 4.12. The number of halogens is 1. The van der Waals surface area contributed by atoms with E-state index in [2.05, 4.69) is 20.6 Å². The molecule has 0 spiro atoms. The summed E-state index contributed by atoms with van der Waals surface area (Å²) in [5, 5.41) is 15.6. The third kappa shape index (κ3) is 5.28. The summed E-state index contributed by atoms with van der Waals surface area (Å²) in [5.74, 6) is 0.281. The molecule has 0 unspecified atom stereocenters. The fourth-order valence-corrected chi connectivity index (χ4v) is 4.40. The van der Waals surface area contributed by atoms with Crippen molar-refractivity contribution < 1.29 is 13.9 Å². The minimum atomic E-state index is -0.458. The zero-order valence-electron chi connectivity index (χ0n) is 16.5. The molecule has 0 aliphatic carbocycles. The molecule has 4 rings (SSSR count). The van der Waals surface area contributed by atoms with E-state index in [0.717, 1.165) is 10.1 Å². The Morgan fingerprint density at radius 2 is 1.94 bits per heavy atom. The molecule has 0 aliphatic heterocycles. The summed E-state index contributed by atoms with van der Waals surface area (Å²) in [5.41, 5.74) is 1.90. The molecule has 4 aromatic rings. The Bertz CT molecular complexity index is 1160. The molecule has 0 atom stereocenters. The smallest absolute Gasteiger partial charge is 0.281 e. The number of amides is 1. The fourth-order valence-electron chi connectivity index (χ4n) is 2.70. The first-order valence-corrected chi connectivity index (χ1v) is 11.2. The summed E-state index contributed by atoms with van der Waals surface area (Å²) >= 11 is 2.84. The van der Waals surface area contributed by atoms with E-state index < -0.39 is 5.91 Å². The molecule has 2 aromatic carbocycles. The highest BCUT2D eigenvalue weighted by molar-refractivity contribution is 8.00. The summed E-state index contributed by atoms with van der Waals surface area (Å²) in [6, 6.07) is 15.8. The van der Waals surface area contributed by atoms with Crippen LogP contribution in [0.15, 0.2) is 65.1 Å². The lowest BCUT2D eigenvalue weighted by Gasteiger charge is -2.02. The molecule has 0 saturated heterocycles. The van der Waals surface area contributed by atoms with Crippen LogP contribution in [0.25, 0.3) is 5.69 Å². The molecule has 2 aromatic heterocycles. The van der Waals surface area contributed by atoms with Crippen molar-refractivity contribution in [3.63, 3.8) is 0 Å². The highest BCUT2D eigenvalue weighted by atomic mass is 32.2. The van der Waals surface area contributed by atoms with E-state index >= 15 is 0 Å². The molecule has 158 valence electrons. The number of nitrogens with zero attached hydrogens (tertiary/aromatic N) is 4. The quantitative estimate of drug-likeness (QED) is 0.303. The van der Waals surface area contributed by atoms with Gasteiger partial charge in [-0.1, -0.05) is 53.4 Å². The Kier molecular flexibility index (Phi) is 6.58. The second-order valence-corrected chi connectivity index (χ2v) is 8.50. The van der Waals surface area contributed by atoms with Gasteiger partial charge in [-0.05, 0) is 36.8 Å². The van der Waals surface area contributed by atoms with Crippen molar-refractivity contribution in [3.05, 3.63) is 77.9 Å². The molecule has 1 amide bonds. The van der Waals surface area contributed by atoms with Gasteiger partial charge in [-0.3, -0.25) is 10.1 Å². The van der Waals surface area contributed by atoms with Gasteiger partial charge in [0, 0.05) is 5.75 Å². The van der Waals surface area contributed by atoms with Crippen molar-refractivity contribution in [1.82, 2.24) is 20.0 Å². The Hall–Kier alpha value is -3.24. The summed E-state index contributed by atoms with van der Waals surface area (Å²) < 4.78 is 21.0. The Morgan fingerprint density at radius 3 is 2.68 bits per heavy atom. The number of thioether (sulfide) groups is 1. The van der Waals surface area contributed by atoms with Gasteiger partial charge in [0.15, 0.2) is 15.8 Å². The van der Waals surface area contributed by atoms with Crippen LogP contribution in [-0.2, 0) is 5.75 Å². The Morgan fingerprint density at radius 1 is 1.16 bits per heavy atom. The van der Waals surface area contributed by atoms with Gasteiger partial charge in [-0.2, -0.15) is 5.10 Å². The van der Waals surface area contributed by atoms with Crippen LogP contribution in [0.2, 0.25) is 0 Å². The van der Waals surface area contributed by atoms with Gasteiger partial charge in [0.25, 0.3) is 5.91 Å². The Labute approximate surface area is 186 Å². The van der Waals surface area contributed by atoms with Gasteiger partial charge in [0.1, 0.15) is 5.82 Å². The molecule has 2 heterocycles. The van der Waals surface area contributed by atoms with Crippen LogP contribution in [0.4, 0.5) is 9.52 Å². The first kappa shape index (κ1) is 21.0. The summed E-state index contributed by atoms with van der Waals surface area (Å²) in [6.07, 6.45) is 1.59. The van der Waals surface area contributed by atoms with Crippen molar-refractivity contribution in [1.29, 1.82) is 0 Å². The van der Waals surface area contributed by atoms with E-state index in [1.807, 2.05) is 37.3 Å². The van der Waals surface area contributed by atoms with Crippen LogP contribution >= 0.6 is 23.1 Å². The van der Waals surface area contributed by atoms with E-state index in [0.29, 0.717) is 23.2 Å². The normalized spacial score (nSPS) is 10.8. The number of carbonyl (C=O) groups is 1. The van der Waals surface area contributed by atoms with Gasteiger partial charge >= 0.3 is 0 Å². The maximum atomic E-state index is 13.2. The predicted octanol–water partition coefficient (Wildman–Crippen LogP) is 4.81. The number of nitrogens with one attached hydrogen (secondary N) is 1. The topological polar surface area (TPSA) is 81.9 Å². The third-order valence-corrected chi connectivity index (χ3v) is 6.16. The van der Waals surface area contributed by atoms with E-state index in [-0.39, 0.29) is 11.5 Å². The minimum Gasteiger partial charge on any atom is -0.490 e. The summed E-state index contributed by atoms with van der Waals surface area (Å²) in [7, 11) is 0. The van der Waals surface area contributed by atoms with Crippen molar-refractivity contribution in [2.24, 2.45) is 0 Å². The SMILES string of the molecule is CCOc1cn(-c2ccc(F)cc2)nc1C(=O)Nc1nnc(SCc2ccccc2)s1. The van der Waals surface area contributed by atoms with E-state index in [4.69, 9.17) is 4.74 Å². The maximum Gasteiger partial charge on any atom is 0.281 e. The first-order valence-electron chi connectivity index (χ1n) is 9.42. The minimum absolute atomic E-state index is 0.111. The predicted molar refractivity (Wildman–Crippen MR) is 119 cm³/mol. The van der Waals surface area contributed by atoms with E-state index in [9.17, 15) is 9.18 Å². The number of hydrogen-bond acceptors (Lipinski definition) is 7. The standard InChI is InChI=1S/C21H18FN5O2S2/c1-2-29-17-12-27(16-10-8-15(22)9-11-16)26-18(17)19(28)23-20-24-25-21(31-20)30-13-14-6-4-3-5-7-14/h3-12H,2,13H2,1H3,(H,23,24,28). The van der Waals surface area contributed by atoms with Crippen LogP contribution in [-0.4, -0.2) is 32.5 Å². The van der Waals surface area contributed by atoms with Crippen molar-refractivity contribution in [2.75, 3.05) is 11.9 Å². The van der Waals surface area contributed by atoms with Crippen molar-refractivity contribution >= 4 is 34.1 Å². The number of aromatic nitrogens is 4. The van der Waals surface area contributed by atoms with Crippen molar-refractivity contribution in [3.8, 4) is 11.4 Å². The van der Waals surface area contributed by atoms with Crippen LogP contribution in [0.1, 0.15) is 23.0 Å². The number of carbonyl (C=O) groups excluding carboxylic acids is 1. The van der Waals surface area contributed by atoms with Crippen LogP contribution in [0, 0.1) is 5.82 Å². The lowest BCUT2D eigenvalue weighted by atomic mass is 10.2. The van der Waals surface area contributed by atoms with Gasteiger partial charge in [0.05, 0.1) is 18.5 Å². The molecule has 0 bridgehead atoms. The molecule has 10 heteroatoms. The molecule has 7 nitrogen and oxygen atoms in total. The summed E-state index contributed by atoms with van der Waals surface area (Å²) in [6.45, 7) is 2.19. The van der Waals surface area contributed by atoms with Crippen LogP contribution in [0.5, 0.6) is 5.75 Å². The molecule has 0 radical (unpaired) electrons. The zero-order valence-corrected chi connectivity index (χ0v) is 18.1. The molecule has 0 saturated carbocycles. The molecule has 1 N–H and O–H groups in total. The number of benzene rings is 2. The fraction of sp³-hybridized carbons (Fsp3) is 0.143. The van der Waals surface area contributed by atoms with Gasteiger partial charge in [-0.15, -0.1) is 10.2 Å². The second-order valence-electron chi connectivity index (χ2n) is 6.30. The van der Waals surface area contributed by atoms with E-state index in [1.54, 1.807) is 30.1 Å². The number of rotatable bonds is 8. The monoisotopic (exact) mass is 455 g/mol. The number of ether oxygens (including phenoxy) is 1. The highest BCUT2D eigenvalue weighted by Gasteiger charge is 2.20. The van der Waals surface area contributed by atoms with Crippen molar-refractivity contribution in [2.45, 2.75) is 17.0 Å². The summed E-state index contributed by atoms with van der Waals surface area (Å²) in [4.78, 5) is 12.8. The van der Waals surface area contributed by atoms with Crippen LogP contribution in [0.3, 0.4) is 0 Å². The Balaban J connectivity index is 1.46. The van der Waals surface area contributed by atoms with E-state index in [1.165, 1.54) is 33.7 Å². The maximum absolute atomic E-state index is 13.2. The zero-order chi connectivity index (χ0) is 21.6. The lowest BCUT2D eigenvalue weighted by Crippen LogP contribution is -2.14. The van der Waals surface area contributed by atoms with Gasteiger partial charge in [0.2, 0.25) is 5.13 Å². The molecular weight excluding hydrogens is 437 g/mol. The van der Waals surface area contributed by atoms with Gasteiger partial charge in [-0.25, -0.2) is 9.07 Å².